The summed E-state index contributed by atoms with van der Waals surface area (Å²) >= 11 is 0. The van der Waals surface area contributed by atoms with E-state index < -0.39 is 10.0 Å². The van der Waals surface area contributed by atoms with Gasteiger partial charge in [-0.15, -0.1) is 0 Å². The van der Waals surface area contributed by atoms with Crippen molar-refractivity contribution < 1.29 is 26.9 Å². The molecule has 1 aliphatic heterocycles. The normalized spacial score (nSPS) is 18.9. The van der Waals surface area contributed by atoms with Crippen molar-refractivity contribution in [2.75, 3.05) is 26.8 Å². The minimum atomic E-state index is -3.65. The molecule has 2 aromatic heterocycles. The predicted octanol–water partition coefficient (Wildman–Crippen LogP) is 1.23. The SMILES string of the molecule is COCc1nc(CCOC2CCCN(S(=O)(=O)c3c(C)noc3C)C2)no1. The summed E-state index contributed by atoms with van der Waals surface area (Å²) < 4.78 is 48.1. The lowest BCUT2D eigenvalue weighted by Crippen LogP contribution is -2.43. The second-order valence-electron chi connectivity index (χ2n) is 6.44. The number of sulfonamides is 1. The van der Waals surface area contributed by atoms with Gasteiger partial charge < -0.3 is 18.5 Å². The average molecular weight is 400 g/mol. The number of aryl methyl sites for hydroxylation is 2. The average Bonchev–Trinajstić information content (AvgIpc) is 3.22. The summed E-state index contributed by atoms with van der Waals surface area (Å²) in [5.41, 5.74) is 0.375. The number of aromatic nitrogens is 3. The van der Waals surface area contributed by atoms with Crippen molar-refractivity contribution in [3.63, 3.8) is 0 Å². The number of methoxy groups -OCH3 is 1. The number of piperidine rings is 1. The molecule has 0 N–H and O–H groups in total. The monoisotopic (exact) mass is 400 g/mol. The van der Waals surface area contributed by atoms with Gasteiger partial charge in [-0.1, -0.05) is 10.3 Å². The number of ether oxygens (including phenoxy) is 2. The van der Waals surface area contributed by atoms with Crippen LogP contribution in [0.1, 0.15) is 36.0 Å². The van der Waals surface area contributed by atoms with Crippen LogP contribution in [0.5, 0.6) is 0 Å². The quantitative estimate of drug-likeness (QED) is 0.644. The van der Waals surface area contributed by atoms with Crippen molar-refractivity contribution in [2.45, 2.75) is 50.7 Å². The fourth-order valence-electron chi connectivity index (χ4n) is 3.12. The molecule has 0 spiro atoms. The van der Waals surface area contributed by atoms with E-state index in [9.17, 15) is 8.42 Å². The van der Waals surface area contributed by atoms with Gasteiger partial charge in [0.05, 0.1) is 12.7 Å². The molecular weight excluding hydrogens is 376 g/mol. The van der Waals surface area contributed by atoms with Crippen molar-refractivity contribution in [1.82, 2.24) is 19.6 Å². The van der Waals surface area contributed by atoms with Gasteiger partial charge in [-0.2, -0.15) is 9.29 Å². The first-order chi connectivity index (χ1) is 12.9. The van der Waals surface area contributed by atoms with Crippen molar-refractivity contribution in [1.29, 1.82) is 0 Å². The van der Waals surface area contributed by atoms with Crippen LogP contribution in [0.2, 0.25) is 0 Å². The Morgan fingerprint density at radius 3 is 2.78 bits per heavy atom. The van der Waals surface area contributed by atoms with Gasteiger partial charge in [0.1, 0.15) is 17.2 Å². The molecule has 1 unspecified atom stereocenters. The molecule has 1 atom stereocenters. The van der Waals surface area contributed by atoms with Crippen molar-refractivity contribution in [3.8, 4) is 0 Å². The molecule has 1 fully saturated rings. The Hall–Kier alpha value is -1.82. The third kappa shape index (κ3) is 4.54. The summed E-state index contributed by atoms with van der Waals surface area (Å²) in [6.07, 6.45) is 1.84. The largest absolute Gasteiger partial charge is 0.376 e. The van der Waals surface area contributed by atoms with Crippen molar-refractivity contribution in [2.24, 2.45) is 0 Å². The summed E-state index contributed by atoms with van der Waals surface area (Å²) in [5, 5.41) is 7.61. The number of hydrogen-bond donors (Lipinski definition) is 0. The second-order valence-corrected chi connectivity index (χ2v) is 8.31. The first kappa shape index (κ1) is 19.9. The summed E-state index contributed by atoms with van der Waals surface area (Å²) in [7, 11) is -2.10. The molecule has 2 aromatic rings. The lowest BCUT2D eigenvalue weighted by atomic mass is 10.1. The summed E-state index contributed by atoms with van der Waals surface area (Å²) in [4.78, 5) is 4.34. The maximum absolute atomic E-state index is 12.9. The van der Waals surface area contributed by atoms with Crippen LogP contribution in [0.15, 0.2) is 13.9 Å². The van der Waals surface area contributed by atoms with E-state index in [4.69, 9.17) is 18.5 Å². The molecular formula is C16H24N4O6S. The standard InChI is InChI=1S/C16H24N4O6S/c1-11-16(12(2)25-18-11)27(21,22)20-7-4-5-13(9-20)24-8-6-14-17-15(10-23-3)26-19-14/h13H,4-10H2,1-3H3. The fraction of sp³-hybridized carbons (Fsp3) is 0.688. The maximum atomic E-state index is 12.9. The van der Waals surface area contributed by atoms with Gasteiger partial charge in [-0.05, 0) is 26.7 Å². The molecule has 10 nitrogen and oxygen atoms in total. The second kappa shape index (κ2) is 8.46. The van der Waals surface area contributed by atoms with E-state index in [0.29, 0.717) is 49.3 Å². The highest BCUT2D eigenvalue weighted by Gasteiger charge is 2.34. The Balaban J connectivity index is 1.56. The van der Waals surface area contributed by atoms with Crippen molar-refractivity contribution >= 4 is 10.0 Å². The first-order valence-electron chi connectivity index (χ1n) is 8.77. The predicted molar refractivity (Wildman–Crippen MR) is 92.4 cm³/mol. The fourth-order valence-corrected chi connectivity index (χ4v) is 4.92. The Morgan fingerprint density at radius 1 is 1.26 bits per heavy atom. The highest BCUT2D eigenvalue weighted by atomic mass is 32.2. The van der Waals surface area contributed by atoms with Gasteiger partial charge in [-0.25, -0.2) is 8.42 Å². The topological polar surface area (TPSA) is 121 Å². The van der Waals surface area contributed by atoms with E-state index in [1.807, 2.05) is 0 Å². The van der Waals surface area contributed by atoms with Crippen LogP contribution in [0.25, 0.3) is 0 Å². The number of nitrogens with zero attached hydrogens (tertiary/aromatic N) is 4. The van der Waals surface area contributed by atoms with Gasteiger partial charge in [0.25, 0.3) is 5.89 Å². The molecule has 150 valence electrons. The molecule has 0 aromatic carbocycles. The summed E-state index contributed by atoms with van der Waals surface area (Å²) in [5.74, 6) is 1.26. The van der Waals surface area contributed by atoms with Crippen LogP contribution in [-0.2, 0) is 32.5 Å². The van der Waals surface area contributed by atoms with E-state index in [2.05, 4.69) is 15.3 Å². The van der Waals surface area contributed by atoms with Gasteiger partial charge in [-0.3, -0.25) is 0 Å². The van der Waals surface area contributed by atoms with Gasteiger partial charge in [0.15, 0.2) is 11.6 Å². The third-order valence-corrected chi connectivity index (χ3v) is 6.47. The lowest BCUT2D eigenvalue weighted by Gasteiger charge is -2.31. The third-order valence-electron chi connectivity index (χ3n) is 4.36. The van der Waals surface area contributed by atoms with Crippen LogP contribution in [0, 0.1) is 13.8 Å². The Morgan fingerprint density at radius 2 is 2.07 bits per heavy atom. The van der Waals surface area contributed by atoms with Crippen LogP contribution >= 0.6 is 0 Å². The molecule has 0 radical (unpaired) electrons. The van der Waals surface area contributed by atoms with E-state index in [1.165, 1.54) is 4.31 Å². The van der Waals surface area contributed by atoms with Gasteiger partial charge in [0, 0.05) is 26.6 Å². The van der Waals surface area contributed by atoms with Crippen LogP contribution < -0.4 is 0 Å². The Kier molecular flexibility index (Phi) is 6.25. The molecule has 0 bridgehead atoms. The smallest absolute Gasteiger partial charge is 0.252 e. The Bertz CT molecular complexity index is 843. The van der Waals surface area contributed by atoms with Gasteiger partial charge >= 0.3 is 0 Å². The highest BCUT2D eigenvalue weighted by molar-refractivity contribution is 7.89. The molecule has 27 heavy (non-hydrogen) atoms. The summed E-state index contributed by atoms with van der Waals surface area (Å²) in [6, 6.07) is 0. The molecule has 0 saturated carbocycles. The minimum Gasteiger partial charge on any atom is -0.376 e. The minimum absolute atomic E-state index is 0.153. The summed E-state index contributed by atoms with van der Waals surface area (Å²) in [6.45, 7) is 4.64. The van der Waals surface area contributed by atoms with Crippen molar-refractivity contribution in [3.05, 3.63) is 23.2 Å². The molecule has 0 aliphatic carbocycles. The molecule has 3 rings (SSSR count). The zero-order valence-electron chi connectivity index (χ0n) is 15.7. The van der Waals surface area contributed by atoms with Crippen LogP contribution in [0.3, 0.4) is 0 Å². The highest BCUT2D eigenvalue weighted by Crippen LogP contribution is 2.26. The Labute approximate surface area is 157 Å². The first-order valence-corrected chi connectivity index (χ1v) is 10.2. The number of rotatable bonds is 8. The maximum Gasteiger partial charge on any atom is 0.252 e. The lowest BCUT2D eigenvalue weighted by molar-refractivity contribution is 0.0198. The van der Waals surface area contributed by atoms with E-state index in [-0.39, 0.29) is 17.6 Å². The molecule has 11 heteroatoms. The van der Waals surface area contributed by atoms with Crippen LogP contribution in [0.4, 0.5) is 0 Å². The zero-order chi connectivity index (χ0) is 19.4. The molecule has 0 amide bonds. The van der Waals surface area contributed by atoms with E-state index in [0.717, 1.165) is 12.8 Å². The molecule has 3 heterocycles. The zero-order valence-corrected chi connectivity index (χ0v) is 16.5. The van der Waals surface area contributed by atoms with E-state index >= 15 is 0 Å². The molecule has 1 saturated heterocycles. The molecule has 1 aliphatic rings. The van der Waals surface area contributed by atoms with Gasteiger partial charge in [0.2, 0.25) is 10.0 Å². The van der Waals surface area contributed by atoms with Crippen LogP contribution in [-0.4, -0.2) is 60.9 Å². The number of hydrogen-bond acceptors (Lipinski definition) is 9. The van der Waals surface area contributed by atoms with E-state index in [1.54, 1.807) is 21.0 Å².